The molecule has 0 aromatic carbocycles. The van der Waals surface area contributed by atoms with Crippen LogP contribution in [0.4, 0.5) is 4.39 Å². The fourth-order valence-electron chi connectivity index (χ4n) is 2.77. The third-order valence-corrected chi connectivity index (χ3v) is 4.13. The predicted molar refractivity (Wildman–Crippen MR) is 88.5 cm³/mol. The van der Waals surface area contributed by atoms with Crippen molar-refractivity contribution in [2.24, 2.45) is 0 Å². The topological polar surface area (TPSA) is 108 Å². The minimum absolute atomic E-state index is 0.0252. The van der Waals surface area contributed by atoms with Gasteiger partial charge in [0.1, 0.15) is 23.4 Å². The molecular weight excluding hydrogens is 341 g/mol. The summed E-state index contributed by atoms with van der Waals surface area (Å²) in [7, 11) is 0. The summed E-state index contributed by atoms with van der Waals surface area (Å²) in [4.78, 5) is 37.2. The van der Waals surface area contributed by atoms with Crippen molar-refractivity contribution in [2.45, 2.75) is 18.9 Å². The molecule has 3 rings (SSSR count). The number of carbonyl (C=O) groups is 2. The number of carbonyl (C=O) groups excluding carboxylic acids is 2. The van der Waals surface area contributed by atoms with Gasteiger partial charge >= 0.3 is 0 Å². The molecule has 9 heteroatoms. The molecule has 1 fully saturated rings. The Hall–Kier alpha value is -2.94. The van der Waals surface area contributed by atoms with Gasteiger partial charge in [0.25, 0.3) is 5.91 Å². The molecule has 2 amide bonds. The Morgan fingerprint density at radius 3 is 2.65 bits per heavy atom. The lowest BCUT2D eigenvalue weighted by Crippen LogP contribution is -2.67. The predicted octanol–water partition coefficient (Wildman–Crippen LogP) is -0.135. The van der Waals surface area contributed by atoms with E-state index < -0.39 is 17.3 Å². The molecule has 2 N–H and O–H groups in total. The van der Waals surface area contributed by atoms with E-state index in [2.05, 4.69) is 20.3 Å². The number of nitrogens with one attached hydrogen (secondary N) is 1. The lowest BCUT2D eigenvalue weighted by molar-refractivity contribution is -0.153. The first kappa shape index (κ1) is 17.9. The number of amides is 2. The van der Waals surface area contributed by atoms with Gasteiger partial charge in [-0.25, -0.2) is 19.3 Å². The second-order valence-corrected chi connectivity index (χ2v) is 6.40. The van der Waals surface area contributed by atoms with Crippen molar-refractivity contribution in [2.75, 3.05) is 19.6 Å². The molecule has 3 heterocycles. The van der Waals surface area contributed by atoms with Gasteiger partial charge < -0.3 is 15.3 Å². The average Bonchev–Trinajstić information content (AvgIpc) is 2.58. The fraction of sp³-hybridized carbons (Fsp3) is 0.353. The molecule has 26 heavy (non-hydrogen) atoms. The maximum atomic E-state index is 13.0. The molecule has 8 nitrogen and oxygen atoms in total. The Bertz CT molecular complexity index is 824. The van der Waals surface area contributed by atoms with Gasteiger partial charge in [-0.15, -0.1) is 0 Å². The van der Waals surface area contributed by atoms with Gasteiger partial charge in [-0.05, 0) is 24.1 Å². The Kier molecular flexibility index (Phi) is 4.90. The zero-order valence-electron chi connectivity index (χ0n) is 14.1. The smallest absolute Gasteiger partial charge is 0.270 e. The van der Waals surface area contributed by atoms with Crippen LogP contribution in [0.5, 0.6) is 0 Å². The molecule has 1 saturated heterocycles. The molecule has 1 aliphatic heterocycles. The Balaban J connectivity index is 1.49. The second kappa shape index (κ2) is 7.12. The number of hydrogen-bond acceptors (Lipinski definition) is 6. The Labute approximate surface area is 149 Å². The standard InChI is InChI=1S/C17H18FN5O3/c1-11-2-13(18)6-21-15(11)16(25)22-7-17(26)8-23(9-17)14(24)3-12-4-19-10-20-5-12/h2,4-6,10,26H,3,7-9H2,1H3,(H,22,25). The highest BCUT2D eigenvalue weighted by Crippen LogP contribution is 2.21. The van der Waals surface area contributed by atoms with Crippen LogP contribution in [0.25, 0.3) is 0 Å². The first-order chi connectivity index (χ1) is 12.4. The number of nitrogens with zero attached hydrogens (tertiary/aromatic N) is 4. The Morgan fingerprint density at radius 2 is 2.00 bits per heavy atom. The highest BCUT2D eigenvalue weighted by molar-refractivity contribution is 5.93. The maximum Gasteiger partial charge on any atom is 0.270 e. The van der Waals surface area contributed by atoms with E-state index in [1.54, 1.807) is 19.3 Å². The summed E-state index contributed by atoms with van der Waals surface area (Å²) in [5.74, 6) is -1.16. The highest BCUT2D eigenvalue weighted by atomic mass is 19.1. The number of likely N-dealkylation sites (tertiary alicyclic amines) is 1. The first-order valence-electron chi connectivity index (χ1n) is 8.01. The number of aryl methyl sites for hydroxylation is 1. The van der Waals surface area contributed by atoms with Crippen molar-refractivity contribution >= 4 is 11.8 Å². The lowest BCUT2D eigenvalue weighted by atomic mass is 9.93. The van der Waals surface area contributed by atoms with E-state index in [0.29, 0.717) is 11.1 Å². The van der Waals surface area contributed by atoms with Gasteiger partial charge in [0.15, 0.2) is 0 Å². The van der Waals surface area contributed by atoms with Crippen molar-refractivity contribution in [3.05, 3.63) is 53.6 Å². The summed E-state index contributed by atoms with van der Waals surface area (Å²) in [6, 6.07) is 1.22. The third kappa shape index (κ3) is 3.99. The van der Waals surface area contributed by atoms with Crippen molar-refractivity contribution < 1.29 is 19.1 Å². The third-order valence-electron chi connectivity index (χ3n) is 4.13. The summed E-state index contributed by atoms with van der Waals surface area (Å²) in [5.41, 5.74) is 0.0160. The summed E-state index contributed by atoms with van der Waals surface area (Å²) < 4.78 is 13.0. The van der Waals surface area contributed by atoms with Gasteiger partial charge in [0, 0.05) is 12.4 Å². The van der Waals surface area contributed by atoms with E-state index in [0.717, 1.165) is 6.20 Å². The fourth-order valence-corrected chi connectivity index (χ4v) is 2.77. The van der Waals surface area contributed by atoms with Crippen LogP contribution in [0.15, 0.2) is 31.0 Å². The quantitative estimate of drug-likeness (QED) is 0.770. The zero-order valence-corrected chi connectivity index (χ0v) is 14.1. The molecule has 1 aliphatic rings. The maximum absolute atomic E-state index is 13.0. The molecule has 0 radical (unpaired) electrons. The molecule has 0 unspecified atom stereocenters. The Morgan fingerprint density at radius 1 is 1.31 bits per heavy atom. The molecule has 0 atom stereocenters. The van der Waals surface area contributed by atoms with Crippen LogP contribution in [0.1, 0.15) is 21.6 Å². The zero-order chi connectivity index (χ0) is 18.7. The number of pyridine rings is 1. The molecule has 2 aromatic rings. The van der Waals surface area contributed by atoms with Crippen LogP contribution >= 0.6 is 0 Å². The summed E-state index contributed by atoms with van der Waals surface area (Å²) >= 11 is 0. The molecular formula is C17H18FN5O3. The summed E-state index contributed by atoms with van der Waals surface area (Å²) in [6.07, 6.45) is 5.64. The van der Waals surface area contributed by atoms with Crippen LogP contribution in [0.3, 0.4) is 0 Å². The number of aliphatic hydroxyl groups is 1. The summed E-state index contributed by atoms with van der Waals surface area (Å²) in [5, 5.41) is 13.0. The monoisotopic (exact) mass is 359 g/mol. The van der Waals surface area contributed by atoms with E-state index in [4.69, 9.17) is 0 Å². The van der Waals surface area contributed by atoms with Crippen molar-refractivity contribution in [1.82, 2.24) is 25.2 Å². The van der Waals surface area contributed by atoms with Crippen LogP contribution in [0.2, 0.25) is 0 Å². The molecule has 0 bridgehead atoms. The van der Waals surface area contributed by atoms with Gasteiger partial charge in [0.2, 0.25) is 5.91 Å². The number of β-amino-alcohol motifs (C(OH)–C–C–N with tert-alkyl or cyclic N) is 1. The second-order valence-electron chi connectivity index (χ2n) is 6.40. The minimum atomic E-state index is -1.19. The number of halogens is 1. The molecule has 0 aliphatic carbocycles. The van der Waals surface area contributed by atoms with Crippen LogP contribution < -0.4 is 5.32 Å². The van der Waals surface area contributed by atoms with Crippen LogP contribution in [-0.4, -0.2) is 62.0 Å². The number of rotatable bonds is 5. The largest absolute Gasteiger partial charge is 0.384 e. The van der Waals surface area contributed by atoms with Crippen molar-refractivity contribution in [3.8, 4) is 0 Å². The first-order valence-corrected chi connectivity index (χ1v) is 8.01. The minimum Gasteiger partial charge on any atom is -0.384 e. The van der Waals surface area contributed by atoms with Crippen LogP contribution in [-0.2, 0) is 11.2 Å². The van der Waals surface area contributed by atoms with E-state index in [1.165, 1.54) is 17.3 Å². The summed E-state index contributed by atoms with van der Waals surface area (Å²) in [6.45, 7) is 1.80. The van der Waals surface area contributed by atoms with E-state index in [1.807, 2.05) is 0 Å². The van der Waals surface area contributed by atoms with Gasteiger partial charge in [-0.2, -0.15) is 0 Å². The van der Waals surface area contributed by atoms with Crippen molar-refractivity contribution in [3.63, 3.8) is 0 Å². The lowest BCUT2D eigenvalue weighted by Gasteiger charge is -2.46. The normalized spacial score (nSPS) is 15.3. The molecule has 0 spiro atoms. The van der Waals surface area contributed by atoms with Crippen LogP contribution in [0, 0.1) is 12.7 Å². The molecule has 0 saturated carbocycles. The molecule has 2 aromatic heterocycles. The van der Waals surface area contributed by atoms with Gasteiger partial charge in [-0.3, -0.25) is 9.59 Å². The van der Waals surface area contributed by atoms with Gasteiger partial charge in [0.05, 0.1) is 32.3 Å². The number of aromatic nitrogens is 3. The van der Waals surface area contributed by atoms with Crippen molar-refractivity contribution in [1.29, 1.82) is 0 Å². The van der Waals surface area contributed by atoms with E-state index >= 15 is 0 Å². The van der Waals surface area contributed by atoms with E-state index in [9.17, 15) is 19.1 Å². The molecule has 136 valence electrons. The average molecular weight is 359 g/mol. The van der Waals surface area contributed by atoms with Gasteiger partial charge in [-0.1, -0.05) is 0 Å². The highest BCUT2D eigenvalue weighted by Gasteiger charge is 2.43. The number of hydrogen-bond donors (Lipinski definition) is 2. The van der Waals surface area contributed by atoms with E-state index in [-0.39, 0.29) is 37.7 Å². The SMILES string of the molecule is Cc1cc(F)cnc1C(=O)NCC1(O)CN(C(=O)Cc2cncnc2)C1.